The molecule has 0 bridgehead atoms. The summed E-state index contributed by atoms with van der Waals surface area (Å²) in [5, 5.41) is 6.47. The lowest BCUT2D eigenvalue weighted by atomic mass is 10.1. The zero-order valence-electron chi connectivity index (χ0n) is 16.6. The van der Waals surface area contributed by atoms with Gasteiger partial charge >= 0.3 is 0 Å². The van der Waals surface area contributed by atoms with Crippen molar-refractivity contribution in [1.82, 2.24) is 15.6 Å². The Kier molecular flexibility index (Phi) is 6.09. The molecule has 6 heteroatoms. The predicted octanol–water partition coefficient (Wildman–Crippen LogP) is 4.52. The van der Waals surface area contributed by atoms with E-state index >= 15 is 0 Å². The summed E-state index contributed by atoms with van der Waals surface area (Å²) in [5.74, 6) is 0.983. The van der Waals surface area contributed by atoms with Crippen molar-refractivity contribution in [3.05, 3.63) is 76.9 Å². The molecule has 0 radical (unpaired) electrons. The minimum absolute atomic E-state index is 0.0956. The maximum atomic E-state index is 13.8. The van der Waals surface area contributed by atoms with Crippen LogP contribution < -0.4 is 10.6 Å². The monoisotopic (exact) mass is 380 g/mol. The van der Waals surface area contributed by atoms with E-state index in [2.05, 4.69) is 20.6 Å². The first kappa shape index (κ1) is 19.6. The van der Waals surface area contributed by atoms with Gasteiger partial charge in [-0.2, -0.15) is 0 Å². The first-order valence-electron chi connectivity index (χ1n) is 9.21. The number of rotatable bonds is 5. The van der Waals surface area contributed by atoms with Crippen LogP contribution in [0.3, 0.4) is 0 Å². The number of aliphatic imine (C=N–C) groups is 1. The highest BCUT2D eigenvalue weighted by Gasteiger charge is 2.11. The van der Waals surface area contributed by atoms with Crippen molar-refractivity contribution in [3.63, 3.8) is 0 Å². The Morgan fingerprint density at radius 2 is 1.93 bits per heavy atom. The van der Waals surface area contributed by atoms with Crippen LogP contribution in [0.5, 0.6) is 0 Å². The van der Waals surface area contributed by atoms with E-state index in [1.54, 1.807) is 32.4 Å². The summed E-state index contributed by atoms with van der Waals surface area (Å²) >= 11 is 0. The Bertz CT molecular complexity index is 963. The molecule has 1 aromatic heterocycles. The summed E-state index contributed by atoms with van der Waals surface area (Å²) in [6.07, 6.45) is 1.63. The van der Waals surface area contributed by atoms with Crippen molar-refractivity contribution in [2.24, 2.45) is 4.99 Å². The smallest absolute Gasteiger partial charge is 0.226 e. The quantitative estimate of drug-likeness (QED) is 0.504. The molecular formula is C22H25FN4O. The van der Waals surface area contributed by atoms with Crippen LogP contribution in [-0.4, -0.2) is 18.0 Å². The number of nitrogens with one attached hydrogen (secondary N) is 2. The molecule has 0 saturated carbocycles. The summed E-state index contributed by atoms with van der Waals surface area (Å²) in [7, 11) is 1.69. The van der Waals surface area contributed by atoms with Crippen molar-refractivity contribution in [2.45, 2.75) is 33.4 Å². The molecule has 146 valence electrons. The van der Waals surface area contributed by atoms with Gasteiger partial charge in [0, 0.05) is 12.6 Å². The van der Waals surface area contributed by atoms with E-state index in [1.165, 1.54) is 5.56 Å². The van der Waals surface area contributed by atoms with Crippen LogP contribution in [0.4, 0.5) is 4.39 Å². The first-order valence-corrected chi connectivity index (χ1v) is 9.21. The van der Waals surface area contributed by atoms with Gasteiger partial charge in [-0.3, -0.25) is 4.99 Å². The highest BCUT2D eigenvalue weighted by Crippen LogP contribution is 2.19. The van der Waals surface area contributed by atoms with Crippen LogP contribution in [0.2, 0.25) is 0 Å². The number of aryl methyl sites for hydroxylation is 2. The average molecular weight is 380 g/mol. The minimum Gasteiger partial charge on any atom is -0.444 e. The topological polar surface area (TPSA) is 62.5 Å². The van der Waals surface area contributed by atoms with Gasteiger partial charge in [0.05, 0.1) is 18.3 Å². The van der Waals surface area contributed by atoms with Crippen molar-refractivity contribution < 1.29 is 8.81 Å². The Morgan fingerprint density at radius 1 is 1.18 bits per heavy atom. The third-order valence-electron chi connectivity index (χ3n) is 4.56. The molecule has 0 fully saturated rings. The van der Waals surface area contributed by atoms with Crippen molar-refractivity contribution in [2.75, 3.05) is 7.05 Å². The molecule has 2 N–H and O–H groups in total. The van der Waals surface area contributed by atoms with E-state index in [0.29, 0.717) is 24.0 Å². The minimum atomic E-state index is -0.208. The third kappa shape index (κ3) is 4.76. The zero-order chi connectivity index (χ0) is 20.1. The highest BCUT2D eigenvalue weighted by molar-refractivity contribution is 5.80. The maximum Gasteiger partial charge on any atom is 0.226 e. The Labute approximate surface area is 164 Å². The molecule has 0 aliphatic heterocycles. The second-order valence-electron chi connectivity index (χ2n) is 6.81. The second kappa shape index (κ2) is 8.69. The molecule has 2 aromatic carbocycles. The average Bonchev–Trinajstić information content (AvgIpc) is 3.16. The fourth-order valence-corrected chi connectivity index (χ4v) is 2.75. The largest absolute Gasteiger partial charge is 0.444 e. The van der Waals surface area contributed by atoms with E-state index in [1.807, 2.05) is 44.2 Å². The van der Waals surface area contributed by atoms with Crippen molar-refractivity contribution >= 4 is 5.96 Å². The first-order chi connectivity index (χ1) is 13.5. The number of nitrogens with zero attached hydrogens (tertiary/aromatic N) is 2. The molecule has 1 heterocycles. The summed E-state index contributed by atoms with van der Waals surface area (Å²) in [5.41, 5.74) is 4.39. The number of oxazole rings is 1. The molecule has 28 heavy (non-hydrogen) atoms. The van der Waals surface area contributed by atoms with Gasteiger partial charge in [0.1, 0.15) is 12.1 Å². The van der Waals surface area contributed by atoms with Crippen molar-refractivity contribution in [3.8, 4) is 11.5 Å². The molecule has 1 atom stereocenters. The van der Waals surface area contributed by atoms with Crippen LogP contribution >= 0.6 is 0 Å². The highest BCUT2D eigenvalue weighted by atomic mass is 19.1. The lowest BCUT2D eigenvalue weighted by molar-refractivity contribution is 0.572. The molecular weight excluding hydrogens is 355 g/mol. The molecule has 5 nitrogen and oxygen atoms in total. The molecule has 0 saturated heterocycles. The number of aromatic nitrogens is 1. The van der Waals surface area contributed by atoms with Crippen LogP contribution in [-0.2, 0) is 6.54 Å². The Morgan fingerprint density at radius 3 is 2.61 bits per heavy atom. The number of halogens is 1. The fourth-order valence-electron chi connectivity index (χ4n) is 2.75. The Balaban J connectivity index is 1.59. The van der Waals surface area contributed by atoms with Gasteiger partial charge in [0.25, 0.3) is 0 Å². The van der Waals surface area contributed by atoms with Gasteiger partial charge in [-0.15, -0.1) is 0 Å². The van der Waals surface area contributed by atoms with Gasteiger partial charge in [-0.1, -0.05) is 29.8 Å². The van der Waals surface area contributed by atoms with E-state index in [0.717, 1.165) is 16.8 Å². The second-order valence-corrected chi connectivity index (χ2v) is 6.81. The lowest BCUT2D eigenvalue weighted by Gasteiger charge is -2.18. The molecule has 3 rings (SSSR count). The normalized spacial score (nSPS) is 12.7. The fraction of sp³-hybridized carbons (Fsp3) is 0.273. The lowest BCUT2D eigenvalue weighted by Crippen LogP contribution is -2.38. The van der Waals surface area contributed by atoms with Crippen molar-refractivity contribution in [1.29, 1.82) is 0 Å². The summed E-state index contributed by atoms with van der Waals surface area (Å²) in [6.45, 7) is 6.21. The maximum absolute atomic E-state index is 13.8. The van der Waals surface area contributed by atoms with Crippen LogP contribution in [0.15, 0.2) is 58.1 Å². The Hall–Kier alpha value is -3.15. The van der Waals surface area contributed by atoms with Crippen LogP contribution in [0.25, 0.3) is 11.5 Å². The van der Waals surface area contributed by atoms with E-state index in [-0.39, 0.29) is 11.9 Å². The number of benzene rings is 2. The van der Waals surface area contributed by atoms with E-state index < -0.39 is 0 Å². The van der Waals surface area contributed by atoms with Crippen LogP contribution in [0, 0.1) is 19.7 Å². The molecule has 1 unspecified atom stereocenters. The molecule has 0 spiro atoms. The van der Waals surface area contributed by atoms with E-state index in [4.69, 9.17) is 4.42 Å². The van der Waals surface area contributed by atoms with Gasteiger partial charge in [-0.25, -0.2) is 9.37 Å². The van der Waals surface area contributed by atoms with Gasteiger partial charge in [0.15, 0.2) is 5.96 Å². The molecule has 0 amide bonds. The summed E-state index contributed by atoms with van der Waals surface area (Å²) in [6, 6.07) is 13.2. The standard InChI is InChI=1S/C22H25FN4O/c1-14-5-8-17(9-6-14)21-27-19(13-28-21)12-25-22(24-4)26-16(3)18-10-7-15(2)20(23)11-18/h5-11,13,16H,12H2,1-4H3,(H2,24,25,26). The summed E-state index contributed by atoms with van der Waals surface area (Å²) < 4.78 is 19.4. The molecule has 0 aliphatic rings. The van der Waals surface area contributed by atoms with Gasteiger partial charge in [-0.05, 0) is 50.1 Å². The number of hydrogen-bond donors (Lipinski definition) is 2. The van der Waals surface area contributed by atoms with Gasteiger partial charge < -0.3 is 15.1 Å². The van der Waals surface area contributed by atoms with Crippen LogP contribution in [0.1, 0.15) is 35.3 Å². The number of guanidine groups is 1. The SMILES string of the molecule is CN=C(NCc1coc(-c2ccc(C)cc2)n1)NC(C)c1ccc(C)c(F)c1. The van der Waals surface area contributed by atoms with Gasteiger partial charge in [0.2, 0.25) is 5.89 Å². The molecule has 3 aromatic rings. The number of hydrogen-bond acceptors (Lipinski definition) is 3. The predicted molar refractivity (Wildman–Crippen MR) is 110 cm³/mol. The summed E-state index contributed by atoms with van der Waals surface area (Å²) in [4.78, 5) is 8.74. The van der Waals surface area contributed by atoms with E-state index in [9.17, 15) is 4.39 Å². The zero-order valence-corrected chi connectivity index (χ0v) is 16.6. The molecule has 0 aliphatic carbocycles. The third-order valence-corrected chi connectivity index (χ3v) is 4.56.